The normalized spacial score (nSPS) is 10.9. The molecule has 2 aromatic heterocycles. The highest BCUT2D eigenvalue weighted by atomic mass is 35.5. The van der Waals surface area contributed by atoms with Crippen molar-refractivity contribution in [3.8, 4) is 5.69 Å². The monoisotopic (exact) mass is 262 g/mol. The molecule has 17 heavy (non-hydrogen) atoms. The Balaban J connectivity index is 2.27. The maximum Gasteiger partial charge on any atom is 0.183 e. The number of rotatable bonds is 1. The van der Waals surface area contributed by atoms with Crippen LogP contribution in [0.5, 0.6) is 0 Å². The highest BCUT2D eigenvalue weighted by Gasteiger charge is 2.07. The highest BCUT2D eigenvalue weighted by molar-refractivity contribution is 6.30. The molecule has 1 aromatic carbocycles. The van der Waals surface area contributed by atoms with Crippen molar-refractivity contribution < 1.29 is 0 Å². The van der Waals surface area contributed by atoms with E-state index in [0.29, 0.717) is 15.8 Å². The van der Waals surface area contributed by atoms with Gasteiger partial charge in [-0.15, -0.1) is 0 Å². The second-order valence-corrected chi connectivity index (χ2v) is 4.33. The summed E-state index contributed by atoms with van der Waals surface area (Å²) in [5.41, 5.74) is 2.27. The number of fused-ring (bicyclic) bond motifs is 1. The molecule has 3 nitrogen and oxygen atoms in total. The fourth-order valence-corrected chi connectivity index (χ4v) is 1.94. The van der Waals surface area contributed by atoms with Crippen molar-refractivity contribution >= 4 is 34.4 Å². The first kappa shape index (κ1) is 10.6. The molecule has 0 amide bonds. The summed E-state index contributed by atoms with van der Waals surface area (Å²) in [5, 5.41) is 1.08. The van der Waals surface area contributed by atoms with E-state index in [0.717, 1.165) is 11.2 Å². The van der Waals surface area contributed by atoms with Gasteiger partial charge in [0.15, 0.2) is 12.0 Å². The molecular formula is C12H6Cl2N3. The van der Waals surface area contributed by atoms with Crippen LogP contribution in [0, 0.1) is 6.33 Å². The van der Waals surface area contributed by atoms with Gasteiger partial charge in [-0.05, 0) is 30.3 Å². The number of hydrogen-bond acceptors (Lipinski definition) is 2. The van der Waals surface area contributed by atoms with Crippen LogP contribution in [0.1, 0.15) is 0 Å². The number of aromatic nitrogens is 3. The Labute approximate surface area is 108 Å². The van der Waals surface area contributed by atoms with Gasteiger partial charge < -0.3 is 0 Å². The summed E-state index contributed by atoms with van der Waals surface area (Å²) >= 11 is 11.8. The molecule has 0 unspecified atom stereocenters. The van der Waals surface area contributed by atoms with E-state index in [1.54, 1.807) is 10.6 Å². The van der Waals surface area contributed by atoms with Crippen LogP contribution in [-0.2, 0) is 0 Å². The van der Waals surface area contributed by atoms with Crippen molar-refractivity contribution in [3.63, 3.8) is 0 Å². The van der Waals surface area contributed by atoms with Gasteiger partial charge >= 0.3 is 0 Å². The third kappa shape index (κ3) is 1.88. The van der Waals surface area contributed by atoms with Crippen LogP contribution in [0.4, 0.5) is 0 Å². The van der Waals surface area contributed by atoms with Gasteiger partial charge in [-0.2, -0.15) is 0 Å². The molecule has 83 valence electrons. The molecule has 0 aliphatic carbocycles. The second-order valence-electron chi connectivity index (χ2n) is 3.50. The molecule has 0 bridgehead atoms. The third-order valence-electron chi connectivity index (χ3n) is 2.37. The zero-order valence-corrected chi connectivity index (χ0v) is 10.1. The van der Waals surface area contributed by atoms with Crippen molar-refractivity contribution in [2.45, 2.75) is 0 Å². The van der Waals surface area contributed by atoms with Gasteiger partial charge in [0.05, 0.1) is 5.69 Å². The van der Waals surface area contributed by atoms with Crippen molar-refractivity contribution in [1.29, 1.82) is 0 Å². The van der Waals surface area contributed by atoms with Crippen LogP contribution in [0.3, 0.4) is 0 Å². The quantitative estimate of drug-likeness (QED) is 0.629. The minimum absolute atomic E-state index is 0.426. The molecule has 0 aliphatic rings. The van der Waals surface area contributed by atoms with Crippen molar-refractivity contribution in [2.24, 2.45) is 0 Å². The zero-order chi connectivity index (χ0) is 11.8. The average Bonchev–Trinajstić information content (AvgIpc) is 2.71. The summed E-state index contributed by atoms with van der Waals surface area (Å²) in [7, 11) is 0. The van der Waals surface area contributed by atoms with E-state index in [1.807, 2.05) is 30.3 Å². The molecule has 0 atom stereocenters. The molecular weight excluding hydrogens is 257 g/mol. The number of imidazole rings is 1. The summed E-state index contributed by atoms with van der Waals surface area (Å²) < 4.78 is 1.73. The van der Waals surface area contributed by atoms with Crippen LogP contribution in [-0.4, -0.2) is 14.5 Å². The number of pyridine rings is 1. The minimum Gasteiger partial charge on any atom is -0.274 e. The Morgan fingerprint density at radius 3 is 2.82 bits per heavy atom. The standard InChI is InChI=1S/C12H6Cl2N3/c13-8-2-1-3-9(6-8)17-7-15-10-4-5-11(14)16-12(10)17/h1-6H. The molecule has 2 heterocycles. The van der Waals surface area contributed by atoms with Gasteiger partial charge in [0.1, 0.15) is 10.7 Å². The molecule has 5 heteroatoms. The fraction of sp³-hybridized carbons (Fsp3) is 0. The summed E-state index contributed by atoms with van der Waals surface area (Å²) in [5.74, 6) is 0. The summed E-state index contributed by atoms with van der Waals surface area (Å²) in [6, 6.07) is 10.9. The van der Waals surface area contributed by atoms with Gasteiger partial charge in [-0.3, -0.25) is 4.57 Å². The molecule has 0 saturated heterocycles. The van der Waals surface area contributed by atoms with Crippen molar-refractivity contribution in [1.82, 2.24) is 14.5 Å². The smallest absolute Gasteiger partial charge is 0.183 e. The second kappa shape index (κ2) is 4.02. The van der Waals surface area contributed by atoms with Crippen LogP contribution >= 0.6 is 23.2 Å². The molecule has 0 saturated carbocycles. The van der Waals surface area contributed by atoms with Gasteiger partial charge in [0.25, 0.3) is 0 Å². The predicted molar refractivity (Wildman–Crippen MR) is 67.7 cm³/mol. The lowest BCUT2D eigenvalue weighted by atomic mass is 10.3. The Kier molecular flexibility index (Phi) is 2.50. The largest absolute Gasteiger partial charge is 0.274 e. The Morgan fingerprint density at radius 2 is 2.00 bits per heavy atom. The van der Waals surface area contributed by atoms with E-state index in [2.05, 4.69) is 16.3 Å². The molecule has 1 radical (unpaired) electrons. The lowest BCUT2D eigenvalue weighted by molar-refractivity contribution is 1.05. The molecule has 0 fully saturated rings. The van der Waals surface area contributed by atoms with E-state index in [4.69, 9.17) is 23.2 Å². The van der Waals surface area contributed by atoms with Crippen LogP contribution in [0.2, 0.25) is 10.2 Å². The third-order valence-corrected chi connectivity index (χ3v) is 2.81. The van der Waals surface area contributed by atoms with E-state index in [9.17, 15) is 0 Å². The predicted octanol–water partition coefficient (Wildman–Crippen LogP) is 3.53. The topological polar surface area (TPSA) is 30.7 Å². The summed E-state index contributed by atoms with van der Waals surface area (Å²) in [6.45, 7) is 0. The number of hydrogen-bond donors (Lipinski definition) is 0. The first-order valence-corrected chi connectivity index (χ1v) is 5.68. The van der Waals surface area contributed by atoms with E-state index in [1.165, 1.54) is 0 Å². The summed E-state index contributed by atoms with van der Waals surface area (Å²) in [6.07, 6.45) is 2.87. The first-order chi connectivity index (χ1) is 8.24. The average molecular weight is 263 g/mol. The number of nitrogens with zero attached hydrogens (tertiary/aromatic N) is 3. The van der Waals surface area contributed by atoms with Gasteiger partial charge in [0.2, 0.25) is 0 Å². The molecule has 3 rings (SSSR count). The Bertz CT molecular complexity index is 691. The molecule has 0 aliphatic heterocycles. The van der Waals surface area contributed by atoms with Crippen molar-refractivity contribution in [3.05, 3.63) is 52.9 Å². The molecule has 0 N–H and O–H groups in total. The van der Waals surface area contributed by atoms with Gasteiger partial charge in [-0.1, -0.05) is 29.3 Å². The Morgan fingerprint density at radius 1 is 1.12 bits per heavy atom. The molecule has 3 aromatic rings. The first-order valence-electron chi connectivity index (χ1n) is 4.93. The number of halogens is 2. The van der Waals surface area contributed by atoms with Crippen LogP contribution in [0.25, 0.3) is 16.9 Å². The van der Waals surface area contributed by atoms with E-state index in [-0.39, 0.29) is 0 Å². The maximum absolute atomic E-state index is 5.95. The number of benzene rings is 1. The van der Waals surface area contributed by atoms with Crippen molar-refractivity contribution in [2.75, 3.05) is 0 Å². The zero-order valence-electron chi connectivity index (χ0n) is 8.56. The van der Waals surface area contributed by atoms with E-state index < -0.39 is 0 Å². The van der Waals surface area contributed by atoms with Gasteiger partial charge in [-0.25, -0.2) is 9.97 Å². The fourth-order valence-electron chi connectivity index (χ4n) is 1.62. The lowest BCUT2D eigenvalue weighted by Gasteiger charge is -2.03. The van der Waals surface area contributed by atoms with Crippen LogP contribution < -0.4 is 0 Å². The van der Waals surface area contributed by atoms with Gasteiger partial charge in [0, 0.05) is 5.02 Å². The maximum atomic E-state index is 5.95. The lowest BCUT2D eigenvalue weighted by Crippen LogP contribution is -1.93. The highest BCUT2D eigenvalue weighted by Crippen LogP contribution is 2.20. The van der Waals surface area contributed by atoms with Crippen LogP contribution in [0.15, 0.2) is 36.4 Å². The summed E-state index contributed by atoms with van der Waals surface area (Å²) in [4.78, 5) is 8.37. The van der Waals surface area contributed by atoms with E-state index >= 15 is 0 Å². The molecule has 0 spiro atoms. The Hall–Kier alpha value is -1.58. The minimum atomic E-state index is 0.426. The SMILES string of the molecule is Clc1cccc(-n2[c]nc3ccc(Cl)nc32)c1.